The van der Waals surface area contributed by atoms with Crippen molar-refractivity contribution >= 4 is 11.6 Å². The summed E-state index contributed by atoms with van der Waals surface area (Å²) in [5, 5.41) is 1.74. The zero-order chi connectivity index (χ0) is 19.4. The number of nitrogens with two attached hydrogens (primary N) is 1. The van der Waals surface area contributed by atoms with E-state index in [4.69, 9.17) is 0 Å². The van der Waals surface area contributed by atoms with Crippen molar-refractivity contribution < 1.29 is 23.3 Å². The number of hydrogen-bond acceptors (Lipinski definition) is 2. The lowest BCUT2D eigenvalue weighted by Crippen LogP contribution is -2.87. The van der Waals surface area contributed by atoms with Crippen LogP contribution in [0.1, 0.15) is 18.5 Å². The van der Waals surface area contributed by atoms with Gasteiger partial charge in [0.15, 0.2) is 6.54 Å². The predicted molar refractivity (Wildman–Crippen MR) is 96.8 cm³/mol. The summed E-state index contributed by atoms with van der Waals surface area (Å²) in [7, 11) is 0. The van der Waals surface area contributed by atoms with Gasteiger partial charge in [-0.15, -0.1) is 0 Å². The van der Waals surface area contributed by atoms with Crippen molar-refractivity contribution in [3.8, 4) is 0 Å². The van der Waals surface area contributed by atoms with Gasteiger partial charge in [-0.1, -0.05) is 12.1 Å². The fourth-order valence-corrected chi connectivity index (χ4v) is 3.31. The van der Waals surface area contributed by atoms with Crippen LogP contribution in [0.25, 0.3) is 0 Å². The molecule has 1 aliphatic rings. The molecule has 1 aliphatic heterocycles. The molecule has 144 valence electrons. The van der Waals surface area contributed by atoms with Crippen molar-refractivity contribution in [2.24, 2.45) is 0 Å². The van der Waals surface area contributed by atoms with Gasteiger partial charge >= 0.3 is 0 Å². The molecule has 1 heterocycles. The molecule has 27 heavy (non-hydrogen) atoms. The summed E-state index contributed by atoms with van der Waals surface area (Å²) in [6.07, 6.45) is 0. The first-order chi connectivity index (χ1) is 13.0. The number of carbonyl (C=O) groups is 1. The van der Waals surface area contributed by atoms with Crippen LogP contribution in [0.15, 0.2) is 42.5 Å². The van der Waals surface area contributed by atoms with Crippen LogP contribution in [0.3, 0.4) is 0 Å². The molecule has 0 unspecified atom stereocenters. The smallest absolute Gasteiger partial charge is 0.277 e. The number of amides is 1. The Morgan fingerprint density at radius 1 is 1.04 bits per heavy atom. The van der Waals surface area contributed by atoms with Crippen LogP contribution in [0, 0.1) is 17.5 Å². The van der Waals surface area contributed by atoms with Gasteiger partial charge in [0, 0.05) is 37.8 Å². The topological polar surface area (TPSA) is 40.2 Å². The third-order valence-electron chi connectivity index (χ3n) is 4.92. The largest absolute Gasteiger partial charge is 0.366 e. The van der Waals surface area contributed by atoms with E-state index >= 15 is 0 Å². The maximum Gasteiger partial charge on any atom is 0.277 e. The number of benzene rings is 2. The van der Waals surface area contributed by atoms with E-state index in [-0.39, 0.29) is 24.3 Å². The average Bonchev–Trinajstić information content (AvgIpc) is 2.66. The maximum absolute atomic E-state index is 13.9. The van der Waals surface area contributed by atoms with Gasteiger partial charge < -0.3 is 15.1 Å². The molecule has 0 bridgehead atoms. The van der Waals surface area contributed by atoms with Gasteiger partial charge in [-0.25, -0.2) is 13.2 Å². The molecule has 1 atom stereocenters. The van der Waals surface area contributed by atoms with E-state index in [0.29, 0.717) is 37.4 Å². The summed E-state index contributed by atoms with van der Waals surface area (Å²) in [6, 6.07) is 9.78. The third kappa shape index (κ3) is 4.60. The highest BCUT2D eigenvalue weighted by Gasteiger charge is 2.24. The molecule has 1 fully saturated rings. The molecule has 1 saturated heterocycles. The van der Waals surface area contributed by atoms with E-state index in [0.717, 1.165) is 6.07 Å². The molecule has 4 nitrogen and oxygen atoms in total. The van der Waals surface area contributed by atoms with Crippen LogP contribution in [0.4, 0.5) is 18.9 Å². The van der Waals surface area contributed by atoms with Gasteiger partial charge in [0.2, 0.25) is 0 Å². The highest BCUT2D eigenvalue weighted by molar-refractivity contribution is 5.77. The Morgan fingerprint density at radius 2 is 1.74 bits per heavy atom. The molecule has 2 N–H and O–H groups in total. The lowest BCUT2D eigenvalue weighted by molar-refractivity contribution is -0.683. The van der Waals surface area contributed by atoms with Crippen LogP contribution in [0.5, 0.6) is 0 Å². The van der Waals surface area contributed by atoms with E-state index in [1.165, 1.54) is 18.2 Å². The second kappa shape index (κ2) is 8.43. The van der Waals surface area contributed by atoms with E-state index < -0.39 is 11.6 Å². The molecule has 0 saturated carbocycles. The first-order valence-electron chi connectivity index (χ1n) is 9.01. The van der Waals surface area contributed by atoms with E-state index in [1.807, 2.05) is 4.90 Å². The second-order valence-electron chi connectivity index (χ2n) is 6.71. The SMILES string of the molecule is C[C@@H]([NH2+]CC(=O)N1CCN(c2ccccc2F)CC1)c1ccc(F)cc1F. The van der Waals surface area contributed by atoms with Crippen molar-refractivity contribution in [2.45, 2.75) is 13.0 Å². The monoisotopic (exact) mass is 378 g/mol. The third-order valence-corrected chi connectivity index (χ3v) is 4.92. The van der Waals surface area contributed by atoms with Crippen LogP contribution >= 0.6 is 0 Å². The number of nitrogens with zero attached hydrogens (tertiary/aromatic N) is 2. The standard InChI is InChI=1S/C20H22F3N3O/c1-14(16-7-6-15(21)12-18(16)23)24-13-20(27)26-10-8-25(9-11-26)19-5-3-2-4-17(19)22/h2-7,12,14,24H,8-11,13H2,1H3/p+1/t14-/m1/s1. The molecular formula is C20H23F3N3O+. The Bertz CT molecular complexity index is 807. The number of piperazine rings is 1. The van der Waals surface area contributed by atoms with Gasteiger partial charge in [-0.05, 0) is 31.2 Å². The maximum atomic E-state index is 13.9. The minimum Gasteiger partial charge on any atom is -0.366 e. The molecule has 0 spiro atoms. The van der Waals surface area contributed by atoms with Gasteiger partial charge in [0.05, 0.1) is 5.69 Å². The zero-order valence-electron chi connectivity index (χ0n) is 15.2. The second-order valence-corrected chi connectivity index (χ2v) is 6.71. The van der Waals surface area contributed by atoms with Crippen molar-refractivity contribution in [3.05, 3.63) is 65.5 Å². The van der Waals surface area contributed by atoms with Crippen molar-refractivity contribution in [3.63, 3.8) is 0 Å². The average molecular weight is 378 g/mol. The number of rotatable bonds is 5. The molecule has 3 rings (SSSR count). The van der Waals surface area contributed by atoms with Crippen LogP contribution in [-0.2, 0) is 4.79 Å². The molecule has 2 aromatic carbocycles. The fraction of sp³-hybridized carbons (Fsp3) is 0.350. The minimum atomic E-state index is -0.618. The summed E-state index contributed by atoms with van der Waals surface area (Å²) >= 11 is 0. The molecule has 0 radical (unpaired) electrons. The van der Waals surface area contributed by atoms with E-state index in [2.05, 4.69) is 0 Å². The quantitative estimate of drug-likeness (QED) is 0.866. The predicted octanol–water partition coefficient (Wildman–Crippen LogP) is 2.08. The number of para-hydroxylation sites is 1. The Balaban J connectivity index is 1.50. The summed E-state index contributed by atoms with van der Waals surface area (Å²) in [4.78, 5) is 16.1. The summed E-state index contributed by atoms with van der Waals surface area (Å²) in [5.74, 6) is -1.53. The molecule has 1 amide bonds. The summed E-state index contributed by atoms with van der Waals surface area (Å²) < 4.78 is 40.7. The molecule has 0 aromatic heterocycles. The molecule has 2 aromatic rings. The molecular weight excluding hydrogens is 355 g/mol. The number of anilines is 1. The van der Waals surface area contributed by atoms with Gasteiger partial charge in [-0.3, -0.25) is 4.79 Å². The Kier molecular flexibility index (Phi) is 6.01. The molecule has 0 aliphatic carbocycles. The Morgan fingerprint density at radius 3 is 2.41 bits per heavy atom. The first-order valence-corrected chi connectivity index (χ1v) is 9.01. The first kappa shape index (κ1) is 19.2. The van der Waals surface area contributed by atoms with Crippen molar-refractivity contribution in [1.82, 2.24) is 4.90 Å². The Labute approximate surface area is 156 Å². The zero-order valence-corrected chi connectivity index (χ0v) is 15.2. The highest BCUT2D eigenvalue weighted by Crippen LogP contribution is 2.20. The van der Waals surface area contributed by atoms with Crippen molar-refractivity contribution in [2.75, 3.05) is 37.6 Å². The number of halogens is 3. The van der Waals surface area contributed by atoms with Gasteiger partial charge in [0.1, 0.15) is 23.5 Å². The Hall–Kier alpha value is -2.54. The summed E-state index contributed by atoms with van der Waals surface area (Å²) in [5.41, 5.74) is 0.921. The van der Waals surface area contributed by atoms with E-state index in [1.54, 1.807) is 35.3 Å². The number of quaternary nitrogens is 1. The number of hydrogen-bond donors (Lipinski definition) is 1. The van der Waals surface area contributed by atoms with Crippen LogP contribution in [0.2, 0.25) is 0 Å². The normalized spacial score (nSPS) is 15.7. The number of carbonyl (C=O) groups excluding carboxylic acids is 1. The summed E-state index contributed by atoms with van der Waals surface area (Å²) in [6.45, 7) is 4.11. The van der Waals surface area contributed by atoms with Crippen LogP contribution < -0.4 is 10.2 Å². The fourth-order valence-electron chi connectivity index (χ4n) is 3.31. The van der Waals surface area contributed by atoms with Gasteiger partial charge in [-0.2, -0.15) is 0 Å². The minimum absolute atomic E-state index is 0.0439. The lowest BCUT2D eigenvalue weighted by Gasteiger charge is -2.36. The van der Waals surface area contributed by atoms with Crippen molar-refractivity contribution in [1.29, 1.82) is 0 Å². The highest BCUT2D eigenvalue weighted by atomic mass is 19.1. The van der Waals surface area contributed by atoms with Crippen LogP contribution in [-0.4, -0.2) is 43.5 Å². The molecule has 7 heteroatoms. The lowest BCUT2D eigenvalue weighted by atomic mass is 10.1. The van der Waals surface area contributed by atoms with Gasteiger partial charge in [0.25, 0.3) is 5.91 Å². The van der Waals surface area contributed by atoms with E-state index in [9.17, 15) is 18.0 Å².